The lowest BCUT2D eigenvalue weighted by atomic mass is 9.95. The van der Waals surface area contributed by atoms with Crippen molar-refractivity contribution in [3.8, 4) is 0 Å². The van der Waals surface area contributed by atoms with Gasteiger partial charge in [0.05, 0.1) is 0 Å². The number of halogens is 2. The van der Waals surface area contributed by atoms with E-state index in [0.717, 1.165) is 11.4 Å². The fraction of sp³-hybridized carbons (Fsp3) is 0.455. The maximum absolute atomic E-state index is 6.08. The lowest BCUT2D eigenvalue weighted by Crippen LogP contribution is -2.23. The van der Waals surface area contributed by atoms with Crippen molar-refractivity contribution >= 4 is 34.2 Å². The van der Waals surface area contributed by atoms with Gasteiger partial charge in [0.2, 0.25) is 0 Å². The predicted molar refractivity (Wildman–Crippen MR) is 68.7 cm³/mol. The van der Waals surface area contributed by atoms with Crippen LogP contribution in [0.2, 0.25) is 5.02 Å². The molecule has 2 atom stereocenters. The smallest absolute Gasteiger partial charge is 0.0416 e. The van der Waals surface area contributed by atoms with Gasteiger partial charge < -0.3 is 5.73 Å². The Labute approximate surface area is 103 Å². The molecule has 1 aromatic carbocycles. The molecule has 0 heterocycles. The number of nitrogens with two attached hydrogens (primary N) is 1. The van der Waals surface area contributed by atoms with Crippen molar-refractivity contribution in [3.63, 3.8) is 0 Å². The van der Waals surface area contributed by atoms with Gasteiger partial charge in [0.25, 0.3) is 0 Å². The van der Waals surface area contributed by atoms with Gasteiger partial charge in [-0.15, -0.1) is 0 Å². The first-order valence-electron chi connectivity index (χ1n) is 4.89. The van der Waals surface area contributed by atoms with E-state index in [1.165, 1.54) is 22.0 Å². The lowest BCUT2D eigenvalue weighted by Gasteiger charge is -2.17. The van der Waals surface area contributed by atoms with E-state index in [-0.39, 0.29) is 0 Å². The van der Waals surface area contributed by atoms with Crippen molar-refractivity contribution in [3.05, 3.63) is 32.4 Å². The first-order chi connectivity index (χ1) is 6.68. The Morgan fingerprint density at radius 3 is 2.71 bits per heavy atom. The highest BCUT2D eigenvalue weighted by Gasteiger charge is 2.26. The van der Waals surface area contributed by atoms with Crippen LogP contribution in [-0.4, -0.2) is 6.04 Å². The molecule has 0 aromatic heterocycles. The quantitative estimate of drug-likeness (QED) is 0.787. The van der Waals surface area contributed by atoms with Crippen LogP contribution in [0.25, 0.3) is 0 Å². The summed E-state index contributed by atoms with van der Waals surface area (Å²) in [4.78, 5) is 0. The molecule has 1 aromatic rings. The molecule has 0 radical (unpaired) electrons. The number of hydrogen-bond acceptors (Lipinski definition) is 1. The first kappa shape index (κ1) is 10.7. The zero-order valence-electron chi connectivity index (χ0n) is 7.84. The van der Waals surface area contributed by atoms with Crippen LogP contribution >= 0.6 is 34.2 Å². The summed E-state index contributed by atoms with van der Waals surface area (Å²) in [6, 6.07) is 6.44. The molecule has 0 spiro atoms. The van der Waals surface area contributed by atoms with Crippen LogP contribution in [0.3, 0.4) is 0 Å². The molecule has 0 bridgehead atoms. The van der Waals surface area contributed by atoms with Gasteiger partial charge >= 0.3 is 0 Å². The van der Waals surface area contributed by atoms with E-state index in [1.54, 1.807) is 0 Å². The molecular weight excluding hydrogens is 308 g/mol. The fourth-order valence-electron chi connectivity index (χ4n) is 2.18. The van der Waals surface area contributed by atoms with E-state index < -0.39 is 0 Å². The Kier molecular flexibility index (Phi) is 3.34. The van der Waals surface area contributed by atoms with Gasteiger partial charge in [-0.3, -0.25) is 0 Å². The molecule has 0 aliphatic heterocycles. The molecule has 1 nitrogen and oxygen atoms in total. The van der Waals surface area contributed by atoms with Crippen LogP contribution < -0.4 is 5.73 Å². The molecule has 2 rings (SSSR count). The van der Waals surface area contributed by atoms with Gasteiger partial charge in [-0.1, -0.05) is 24.1 Å². The average Bonchev–Trinajstić information content (AvgIpc) is 2.52. The third-order valence-corrected chi connectivity index (χ3v) is 4.10. The van der Waals surface area contributed by atoms with E-state index in [2.05, 4.69) is 28.7 Å². The Bertz CT molecular complexity index is 340. The summed E-state index contributed by atoms with van der Waals surface area (Å²) >= 11 is 8.27. The van der Waals surface area contributed by atoms with Crippen molar-refractivity contribution in [1.29, 1.82) is 0 Å². The molecule has 2 N–H and O–H groups in total. The van der Waals surface area contributed by atoms with Crippen molar-refractivity contribution in [2.24, 2.45) is 5.73 Å². The lowest BCUT2D eigenvalue weighted by molar-refractivity contribution is 0.611. The van der Waals surface area contributed by atoms with Gasteiger partial charge in [-0.2, -0.15) is 0 Å². The van der Waals surface area contributed by atoms with Gasteiger partial charge in [-0.05, 0) is 53.1 Å². The molecule has 3 heteroatoms. The third kappa shape index (κ3) is 2.07. The van der Waals surface area contributed by atoms with Crippen LogP contribution in [0.15, 0.2) is 18.2 Å². The normalized spacial score (nSPS) is 26.8. The van der Waals surface area contributed by atoms with E-state index in [4.69, 9.17) is 17.3 Å². The minimum Gasteiger partial charge on any atom is -0.327 e. The summed E-state index contributed by atoms with van der Waals surface area (Å²) < 4.78 is 1.25. The monoisotopic (exact) mass is 321 g/mol. The van der Waals surface area contributed by atoms with E-state index in [1.807, 2.05) is 12.1 Å². The highest BCUT2D eigenvalue weighted by Crippen LogP contribution is 2.36. The van der Waals surface area contributed by atoms with Crippen LogP contribution in [0.4, 0.5) is 0 Å². The second-order valence-electron chi connectivity index (χ2n) is 3.87. The SMILES string of the molecule is NC1CCCC1c1ccc(Cl)cc1I. The number of benzene rings is 1. The second-order valence-corrected chi connectivity index (χ2v) is 5.47. The van der Waals surface area contributed by atoms with Crippen LogP contribution in [0.1, 0.15) is 30.7 Å². The van der Waals surface area contributed by atoms with Crippen LogP contribution in [-0.2, 0) is 0 Å². The molecule has 14 heavy (non-hydrogen) atoms. The summed E-state index contributed by atoms with van der Waals surface area (Å²) in [5, 5.41) is 0.810. The number of rotatable bonds is 1. The van der Waals surface area contributed by atoms with Crippen LogP contribution in [0.5, 0.6) is 0 Å². The molecule has 0 amide bonds. The summed E-state index contributed by atoms with van der Waals surface area (Å²) in [6.07, 6.45) is 3.63. The summed E-state index contributed by atoms with van der Waals surface area (Å²) in [5.41, 5.74) is 7.46. The van der Waals surface area contributed by atoms with E-state index in [9.17, 15) is 0 Å². The standard InChI is InChI=1S/C11H13ClIN/c12-7-4-5-8(10(13)6-7)9-2-1-3-11(9)14/h4-6,9,11H,1-3,14H2. The van der Waals surface area contributed by atoms with Crippen LogP contribution in [0, 0.1) is 3.57 Å². The minimum absolute atomic E-state index is 0.338. The summed E-state index contributed by atoms with van der Waals surface area (Å²) in [7, 11) is 0. The molecule has 1 aliphatic rings. The van der Waals surface area contributed by atoms with E-state index >= 15 is 0 Å². The fourth-order valence-corrected chi connectivity index (χ4v) is 3.45. The van der Waals surface area contributed by atoms with Crippen molar-refractivity contribution < 1.29 is 0 Å². The average molecular weight is 322 g/mol. The highest BCUT2D eigenvalue weighted by molar-refractivity contribution is 14.1. The maximum Gasteiger partial charge on any atom is 0.0416 e. The van der Waals surface area contributed by atoms with Crippen molar-refractivity contribution in [2.45, 2.75) is 31.2 Å². The molecular formula is C11H13ClIN. The molecule has 1 fully saturated rings. The second kappa shape index (κ2) is 4.37. The molecule has 1 aliphatic carbocycles. The van der Waals surface area contributed by atoms with E-state index in [0.29, 0.717) is 12.0 Å². The Morgan fingerprint density at radius 1 is 1.36 bits per heavy atom. The summed E-state index contributed by atoms with van der Waals surface area (Å²) in [6.45, 7) is 0. The van der Waals surface area contributed by atoms with Gasteiger partial charge in [0, 0.05) is 20.6 Å². The Morgan fingerprint density at radius 2 is 2.14 bits per heavy atom. The minimum atomic E-state index is 0.338. The molecule has 0 saturated heterocycles. The zero-order valence-corrected chi connectivity index (χ0v) is 10.8. The van der Waals surface area contributed by atoms with Gasteiger partial charge in [-0.25, -0.2) is 0 Å². The first-order valence-corrected chi connectivity index (χ1v) is 6.34. The number of hydrogen-bond donors (Lipinski definition) is 1. The molecule has 2 unspecified atom stereocenters. The molecule has 1 saturated carbocycles. The van der Waals surface area contributed by atoms with Crippen molar-refractivity contribution in [2.75, 3.05) is 0 Å². The molecule has 76 valence electrons. The summed E-state index contributed by atoms with van der Waals surface area (Å²) in [5.74, 6) is 0.541. The largest absolute Gasteiger partial charge is 0.327 e. The zero-order chi connectivity index (χ0) is 10.1. The van der Waals surface area contributed by atoms with Gasteiger partial charge in [0.1, 0.15) is 0 Å². The Balaban J connectivity index is 2.31. The highest BCUT2D eigenvalue weighted by atomic mass is 127. The van der Waals surface area contributed by atoms with Crippen molar-refractivity contribution in [1.82, 2.24) is 0 Å². The predicted octanol–water partition coefficient (Wildman–Crippen LogP) is 3.54. The Hall–Kier alpha value is 0.200. The maximum atomic E-state index is 6.08. The topological polar surface area (TPSA) is 26.0 Å². The third-order valence-electron chi connectivity index (χ3n) is 2.93. The van der Waals surface area contributed by atoms with Gasteiger partial charge in [0.15, 0.2) is 0 Å².